The molecular formula is C20H19N3O. The van der Waals surface area contributed by atoms with Gasteiger partial charge >= 0.3 is 0 Å². The Morgan fingerprint density at radius 3 is 2.75 bits per heavy atom. The van der Waals surface area contributed by atoms with Crippen LogP contribution in [0, 0.1) is 0 Å². The van der Waals surface area contributed by atoms with Crippen LogP contribution in [0.4, 0.5) is 5.82 Å². The number of hydrogen-bond acceptors (Lipinski definition) is 4. The number of fused-ring (bicyclic) bond motifs is 1. The van der Waals surface area contributed by atoms with E-state index < -0.39 is 0 Å². The normalized spacial score (nSPS) is 12.0. The molecule has 0 amide bonds. The summed E-state index contributed by atoms with van der Waals surface area (Å²) in [7, 11) is 1.85. The Hall–Kier alpha value is -3.14. The van der Waals surface area contributed by atoms with E-state index in [2.05, 4.69) is 21.4 Å². The van der Waals surface area contributed by atoms with Gasteiger partial charge in [0.25, 0.3) is 0 Å². The third-order valence-corrected chi connectivity index (χ3v) is 3.65. The van der Waals surface area contributed by atoms with E-state index >= 15 is 0 Å². The van der Waals surface area contributed by atoms with Crippen LogP contribution in [0.2, 0.25) is 0 Å². The molecule has 0 unspecified atom stereocenters. The summed E-state index contributed by atoms with van der Waals surface area (Å²) in [6.45, 7) is 2.04. The highest BCUT2D eigenvalue weighted by molar-refractivity contribution is 5.81. The second-order valence-electron chi connectivity index (χ2n) is 5.56. The summed E-state index contributed by atoms with van der Waals surface area (Å²) in [5.74, 6) is 1.11. The van der Waals surface area contributed by atoms with E-state index in [1.165, 1.54) is 0 Å². The molecule has 2 heterocycles. The quantitative estimate of drug-likeness (QED) is 0.696. The molecule has 0 aliphatic carbocycles. The number of allylic oxidation sites excluding steroid dienone is 2. The SMILES string of the molecule is CNc1ccc(/C=C(C)/C=C/c2ccc3cc(O)ccc3n2)cn1. The van der Waals surface area contributed by atoms with Gasteiger partial charge in [-0.2, -0.15) is 0 Å². The highest BCUT2D eigenvalue weighted by Gasteiger charge is 1.98. The molecule has 0 aliphatic rings. The largest absolute Gasteiger partial charge is 0.508 e. The van der Waals surface area contributed by atoms with Crippen molar-refractivity contribution < 1.29 is 5.11 Å². The van der Waals surface area contributed by atoms with Crippen LogP contribution in [-0.2, 0) is 0 Å². The van der Waals surface area contributed by atoms with Gasteiger partial charge < -0.3 is 10.4 Å². The van der Waals surface area contributed by atoms with Crippen LogP contribution in [0.25, 0.3) is 23.1 Å². The molecule has 3 rings (SSSR count). The summed E-state index contributed by atoms with van der Waals surface area (Å²) in [4.78, 5) is 8.87. The van der Waals surface area contributed by atoms with Crippen molar-refractivity contribution in [3.05, 3.63) is 71.6 Å². The molecule has 0 fully saturated rings. The number of nitrogens with one attached hydrogen (secondary N) is 1. The lowest BCUT2D eigenvalue weighted by Crippen LogP contribution is -1.90. The second-order valence-corrected chi connectivity index (χ2v) is 5.56. The Morgan fingerprint density at radius 1 is 1.12 bits per heavy atom. The highest BCUT2D eigenvalue weighted by atomic mass is 16.3. The van der Waals surface area contributed by atoms with Crippen molar-refractivity contribution in [3.63, 3.8) is 0 Å². The van der Waals surface area contributed by atoms with Crippen LogP contribution in [0.5, 0.6) is 5.75 Å². The first-order valence-electron chi connectivity index (χ1n) is 7.74. The van der Waals surface area contributed by atoms with Crippen molar-refractivity contribution >= 4 is 28.9 Å². The highest BCUT2D eigenvalue weighted by Crippen LogP contribution is 2.19. The Bertz CT molecular complexity index is 912. The molecule has 24 heavy (non-hydrogen) atoms. The molecule has 2 aromatic heterocycles. The van der Waals surface area contributed by atoms with Gasteiger partial charge in [0.05, 0.1) is 11.2 Å². The van der Waals surface area contributed by atoms with Gasteiger partial charge in [-0.15, -0.1) is 0 Å². The minimum absolute atomic E-state index is 0.254. The van der Waals surface area contributed by atoms with E-state index in [4.69, 9.17) is 0 Å². The average molecular weight is 317 g/mol. The van der Waals surface area contributed by atoms with Crippen LogP contribution in [0.3, 0.4) is 0 Å². The maximum atomic E-state index is 9.49. The molecule has 0 spiro atoms. The predicted octanol–water partition coefficient (Wildman–Crippen LogP) is 4.49. The number of anilines is 1. The minimum Gasteiger partial charge on any atom is -0.508 e. The molecule has 1 aromatic carbocycles. The van der Waals surface area contributed by atoms with Crippen LogP contribution in [-0.4, -0.2) is 22.1 Å². The van der Waals surface area contributed by atoms with Gasteiger partial charge in [0.15, 0.2) is 0 Å². The number of hydrogen-bond donors (Lipinski definition) is 2. The molecule has 4 nitrogen and oxygen atoms in total. The Balaban J connectivity index is 1.78. The van der Waals surface area contributed by atoms with Crippen LogP contribution in [0.15, 0.2) is 60.3 Å². The number of rotatable bonds is 4. The van der Waals surface area contributed by atoms with Gasteiger partial charge in [0.1, 0.15) is 11.6 Å². The molecule has 4 heteroatoms. The molecule has 2 N–H and O–H groups in total. The Labute approximate surface area is 141 Å². The zero-order valence-corrected chi connectivity index (χ0v) is 13.7. The van der Waals surface area contributed by atoms with Crippen molar-refractivity contribution in [2.45, 2.75) is 6.92 Å². The van der Waals surface area contributed by atoms with Gasteiger partial charge in [0.2, 0.25) is 0 Å². The topological polar surface area (TPSA) is 58.0 Å². The molecule has 120 valence electrons. The summed E-state index contributed by atoms with van der Waals surface area (Å²) < 4.78 is 0. The third-order valence-electron chi connectivity index (χ3n) is 3.65. The molecule has 0 saturated carbocycles. The lowest BCUT2D eigenvalue weighted by molar-refractivity contribution is 0.476. The lowest BCUT2D eigenvalue weighted by Gasteiger charge is -2.01. The summed E-state index contributed by atoms with van der Waals surface area (Å²) in [6, 6.07) is 13.0. The molecule has 0 radical (unpaired) electrons. The van der Waals surface area contributed by atoms with Gasteiger partial charge in [-0.3, -0.25) is 0 Å². The molecule has 0 atom stereocenters. The van der Waals surface area contributed by atoms with Crippen LogP contribution in [0.1, 0.15) is 18.2 Å². The van der Waals surface area contributed by atoms with Crippen molar-refractivity contribution in [2.24, 2.45) is 0 Å². The molecule has 0 aliphatic heterocycles. The zero-order valence-electron chi connectivity index (χ0n) is 13.7. The number of benzene rings is 1. The molecule has 0 bridgehead atoms. The Kier molecular flexibility index (Phi) is 4.57. The summed E-state index contributed by atoms with van der Waals surface area (Å²) in [5.41, 5.74) is 3.91. The first-order valence-corrected chi connectivity index (χ1v) is 7.74. The summed E-state index contributed by atoms with van der Waals surface area (Å²) >= 11 is 0. The van der Waals surface area contributed by atoms with E-state index in [0.717, 1.165) is 33.6 Å². The standard InChI is InChI=1S/C20H19N3O/c1-14(11-15-4-10-20(21-2)22-13-15)3-6-17-7-5-16-12-18(24)8-9-19(16)23-17/h3-13,24H,1-2H3,(H,21,22)/b6-3+,14-11+. The van der Waals surface area contributed by atoms with E-state index in [1.54, 1.807) is 12.1 Å². The van der Waals surface area contributed by atoms with Gasteiger partial charge in [-0.05, 0) is 55.0 Å². The first kappa shape index (κ1) is 15.7. The predicted molar refractivity (Wildman–Crippen MR) is 99.9 cm³/mol. The number of aromatic hydroxyl groups is 1. The van der Waals surface area contributed by atoms with E-state index in [9.17, 15) is 5.11 Å². The van der Waals surface area contributed by atoms with Gasteiger partial charge in [-0.1, -0.05) is 23.8 Å². The maximum absolute atomic E-state index is 9.49. The number of aromatic nitrogens is 2. The fourth-order valence-corrected chi connectivity index (χ4v) is 2.39. The maximum Gasteiger partial charge on any atom is 0.125 e. The fourth-order valence-electron chi connectivity index (χ4n) is 2.39. The Morgan fingerprint density at radius 2 is 2.00 bits per heavy atom. The smallest absolute Gasteiger partial charge is 0.125 e. The third kappa shape index (κ3) is 3.79. The van der Waals surface area contributed by atoms with Crippen molar-refractivity contribution in [1.82, 2.24) is 9.97 Å². The number of pyridine rings is 2. The number of phenolic OH excluding ortho intramolecular Hbond substituents is 1. The fraction of sp³-hybridized carbons (Fsp3) is 0.100. The van der Waals surface area contributed by atoms with Crippen molar-refractivity contribution in [1.29, 1.82) is 0 Å². The van der Waals surface area contributed by atoms with E-state index in [-0.39, 0.29) is 5.75 Å². The zero-order chi connectivity index (χ0) is 16.9. The second kappa shape index (κ2) is 6.96. The summed E-state index contributed by atoms with van der Waals surface area (Å²) in [5, 5.41) is 13.4. The van der Waals surface area contributed by atoms with E-state index in [1.807, 2.05) is 62.7 Å². The van der Waals surface area contributed by atoms with E-state index in [0.29, 0.717) is 0 Å². The number of phenols is 1. The van der Waals surface area contributed by atoms with Crippen LogP contribution >= 0.6 is 0 Å². The van der Waals surface area contributed by atoms with Crippen molar-refractivity contribution in [3.8, 4) is 5.75 Å². The molecule has 3 aromatic rings. The number of nitrogens with zero attached hydrogens (tertiary/aromatic N) is 2. The summed E-state index contributed by atoms with van der Waals surface area (Å²) in [6.07, 6.45) is 7.92. The van der Waals surface area contributed by atoms with Gasteiger partial charge in [-0.25, -0.2) is 9.97 Å². The lowest BCUT2D eigenvalue weighted by atomic mass is 10.1. The van der Waals surface area contributed by atoms with Crippen LogP contribution < -0.4 is 5.32 Å². The monoisotopic (exact) mass is 317 g/mol. The average Bonchev–Trinajstić information content (AvgIpc) is 2.60. The molecule has 0 saturated heterocycles. The minimum atomic E-state index is 0.254. The van der Waals surface area contributed by atoms with Gasteiger partial charge in [0, 0.05) is 18.6 Å². The molecular weight excluding hydrogens is 298 g/mol. The van der Waals surface area contributed by atoms with Crippen molar-refractivity contribution in [2.75, 3.05) is 12.4 Å². The first-order chi connectivity index (χ1) is 11.6.